The van der Waals surface area contributed by atoms with Gasteiger partial charge in [-0.3, -0.25) is 4.79 Å². The highest BCUT2D eigenvalue weighted by Gasteiger charge is 2.14. The lowest BCUT2D eigenvalue weighted by Gasteiger charge is -2.16. The highest BCUT2D eigenvalue weighted by atomic mass is 19.1. The van der Waals surface area contributed by atoms with E-state index >= 15 is 0 Å². The number of carbonyl (C=O) groups is 2. The molecule has 5 heteroatoms. The summed E-state index contributed by atoms with van der Waals surface area (Å²) < 4.78 is 18.0. The molecule has 0 bridgehead atoms. The second kappa shape index (κ2) is 7.73. The van der Waals surface area contributed by atoms with Crippen molar-refractivity contribution in [2.24, 2.45) is 0 Å². The molecular formula is C19H20FNO3. The van der Waals surface area contributed by atoms with Gasteiger partial charge in [-0.2, -0.15) is 0 Å². The van der Waals surface area contributed by atoms with Crippen molar-refractivity contribution in [1.82, 2.24) is 0 Å². The Morgan fingerprint density at radius 1 is 1.17 bits per heavy atom. The predicted molar refractivity (Wildman–Crippen MR) is 90.6 cm³/mol. The molecule has 0 aromatic heterocycles. The Morgan fingerprint density at radius 3 is 2.54 bits per heavy atom. The first kappa shape index (κ1) is 17.7. The minimum Gasteiger partial charge on any atom is -0.452 e. The number of amides is 1. The van der Waals surface area contributed by atoms with Gasteiger partial charge in [-0.15, -0.1) is 0 Å². The van der Waals surface area contributed by atoms with Crippen LogP contribution in [0.4, 0.5) is 10.1 Å². The highest BCUT2D eigenvalue weighted by Crippen LogP contribution is 2.27. The molecule has 1 N–H and O–H groups in total. The number of halogens is 1. The van der Waals surface area contributed by atoms with E-state index in [1.165, 1.54) is 18.2 Å². The van der Waals surface area contributed by atoms with Gasteiger partial charge < -0.3 is 10.1 Å². The Balaban J connectivity index is 2.01. The van der Waals surface area contributed by atoms with E-state index in [0.29, 0.717) is 0 Å². The Morgan fingerprint density at radius 2 is 1.88 bits per heavy atom. The fraction of sp³-hybridized carbons (Fsp3) is 0.263. The van der Waals surface area contributed by atoms with E-state index in [1.54, 1.807) is 0 Å². The Labute approximate surface area is 140 Å². The van der Waals surface area contributed by atoms with E-state index in [2.05, 4.69) is 5.32 Å². The molecule has 0 aliphatic rings. The number of hydrogen-bond donors (Lipinski definition) is 1. The van der Waals surface area contributed by atoms with Crippen LogP contribution in [-0.2, 0) is 9.53 Å². The van der Waals surface area contributed by atoms with Crippen molar-refractivity contribution in [3.8, 4) is 0 Å². The zero-order valence-corrected chi connectivity index (χ0v) is 13.9. The van der Waals surface area contributed by atoms with Crippen LogP contribution in [0.1, 0.15) is 41.3 Å². The molecule has 0 fully saturated rings. The molecule has 0 unspecified atom stereocenters. The summed E-state index contributed by atoms with van der Waals surface area (Å²) in [7, 11) is 0. The van der Waals surface area contributed by atoms with E-state index in [-0.39, 0.29) is 11.5 Å². The summed E-state index contributed by atoms with van der Waals surface area (Å²) in [6.07, 6.45) is 0. The Bertz CT molecular complexity index is 756. The average molecular weight is 329 g/mol. The summed E-state index contributed by atoms with van der Waals surface area (Å²) in [4.78, 5) is 23.9. The topological polar surface area (TPSA) is 55.4 Å². The molecule has 0 spiro atoms. The van der Waals surface area contributed by atoms with Crippen molar-refractivity contribution < 1.29 is 18.7 Å². The lowest BCUT2D eigenvalue weighted by molar-refractivity contribution is -0.119. The summed E-state index contributed by atoms with van der Waals surface area (Å²) in [5, 5.41) is 2.79. The minimum absolute atomic E-state index is 0.0709. The van der Waals surface area contributed by atoms with E-state index in [1.807, 2.05) is 39.0 Å². The molecule has 4 nitrogen and oxygen atoms in total. The number of anilines is 1. The molecular weight excluding hydrogens is 309 g/mol. The van der Waals surface area contributed by atoms with E-state index in [0.717, 1.165) is 22.9 Å². The molecule has 0 saturated heterocycles. The summed E-state index contributed by atoms with van der Waals surface area (Å²) in [5.41, 5.74) is 2.76. The Hall–Kier alpha value is -2.69. The molecule has 2 aromatic carbocycles. The number of para-hydroxylation sites is 1. The number of aryl methyl sites for hydroxylation is 1. The van der Waals surface area contributed by atoms with Crippen molar-refractivity contribution >= 4 is 17.6 Å². The van der Waals surface area contributed by atoms with Crippen LogP contribution >= 0.6 is 0 Å². The number of rotatable bonds is 5. The van der Waals surface area contributed by atoms with Crippen molar-refractivity contribution in [3.63, 3.8) is 0 Å². The number of benzene rings is 2. The molecule has 1 amide bonds. The van der Waals surface area contributed by atoms with Gasteiger partial charge in [-0.1, -0.05) is 38.1 Å². The summed E-state index contributed by atoms with van der Waals surface area (Å²) in [6.45, 7) is 5.55. The lowest BCUT2D eigenvalue weighted by Crippen LogP contribution is -2.22. The number of carbonyl (C=O) groups excluding carboxylic acids is 2. The largest absolute Gasteiger partial charge is 0.452 e. The fourth-order valence-corrected chi connectivity index (χ4v) is 2.35. The Kier molecular flexibility index (Phi) is 5.68. The number of hydrogen-bond acceptors (Lipinski definition) is 3. The molecule has 0 aliphatic carbocycles. The lowest BCUT2D eigenvalue weighted by atomic mass is 9.98. The van der Waals surface area contributed by atoms with Gasteiger partial charge in [0.1, 0.15) is 5.82 Å². The summed E-state index contributed by atoms with van der Waals surface area (Å²) in [5.74, 6) is -1.46. The van der Waals surface area contributed by atoms with E-state index in [4.69, 9.17) is 4.74 Å². The molecule has 0 heterocycles. The SMILES string of the molecule is Cc1cccc(C(C)C)c1NC(=O)COC(=O)c1cccc(F)c1. The molecule has 126 valence electrons. The quantitative estimate of drug-likeness (QED) is 0.842. The first-order valence-corrected chi connectivity index (χ1v) is 7.70. The first-order valence-electron chi connectivity index (χ1n) is 7.70. The third kappa shape index (κ3) is 4.41. The zero-order chi connectivity index (χ0) is 17.7. The van der Waals surface area contributed by atoms with Crippen molar-refractivity contribution in [3.05, 3.63) is 65.0 Å². The van der Waals surface area contributed by atoms with Gasteiger partial charge in [0.25, 0.3) is 5.91 Å². The molecule has 2 aromatic rings. The van der Waals surface area contributed by atoms with Crippen LogP contribution in [0.5, 0.6) is 0 Å². The predicted octanol–water partition coefficient (Wildman–Crippen LogP) is 4.05. The monoisotopic (exact) mass is 329 g/mol. The molecule has 2 rings (SSSR count). The molecule has 24 heavy (non-hydrogen) atoms. The van der Waals surface area contributed by atoms with E-state index < -0.39 is 24.3 Å². The number of esters is 1. The van der Waals surface area contributed by atoms with Crippen LogP contribution in [0.25, 0.3) is 0 Å². The van der Waals surface area contributed by atoms with Crippen molar-refractivity contribution in [2.45, 2.75) is 26.7 Å². The molecule has 0 radical (unpaired) electrons. The fourth-order valence-electron chi connectivity index (χ4n) is 2.35. The van der Waals surface area contributed by atoms with Crippen LogP contribution < -0.4 is 5.32 Å². The summed E-state index contributed by atoms with van der Waals surface area (Å²) in [6, 6.07) is 10.9. The van der Waals surface area contributed by atoms with Gasteiger partial charge in [0, 0.05) is 5.69 Å². The van der Waals surface area contributed by atoms with Crippen LogP contribution in [0.3, 0.4) is 0 Å². The summed E-state index contributed by atoms with van der Waals surface area (Å²) >= 11 is 0. The maximum atomic E-state index is 13.1. The third-order valence-electron chi connectivity index (χ3n) is 3.59. The molecule has 0 aliphatic heterocycles. The van der Waals surface area contributed by atoms with Gasteiger partial charge in [0.2, 0.25) is 0 Å². The maximum Gasteiger partial charge on any atom is 0.338 e. The maximum absolute atomic E-state index is 13.1. The average Bonchev–Trinajstić information content (AvgIpc) is 2.54. The molecule has 0 atom stereocenters. The second-order valence-corrected chi connectivity index (χ2v) is 5.83. The van der Waals surface area contributed by atoms with Gasteiger partial charge in [-0.25, -0.2) is 9.18 Å². The zero-order valence-electron chi connectivity index (χ0n) is 13.9. The minimum atomic E-state index is -0.737. The second-order valence-electron chi connectivity index (χ2n) is 5.83. The van der Waals surface area contributed by atoms with Crippen molar-refractivity contribution in [1.29, 1.82) is 0 Å². The van der Waals surface area contributed by atoms with Gasteiger partial charge in [0.15, 0.2) is 6.61 Å². The number of ether oxygens (including phenoxy) is 1. The van der Waals surface area contributed by atoms with Crippen molar-refractivity contribution in [2.75, 3.05) is 11.9 Å². The normalized spacial score (nSPS) is 10.5. The van der Waals surface area contributed by atoms with Crippen LogP contribution in [0, 0.1) is 12.7 Å². The van der Waals surface area contributed by atoms with Gasteiger partial charge in [-0.05, 0) is 42.2 Å². The smallest absolute Gasteiger partial charge is 0.338 e. The van der Waals surface area contributed by atoms with E-state index in [9.17, 15) is 14.0 Å². The van der Waals surface area contributed by atoms with Crippen LogP contribution in [0.2, 0.25) is 0 Å². The first-order chi connectivity index (χ1) is 11.4. The highest BCUT2D eigenvalue weighted by molar-refractivity contribution is 5.96. The molecule has 0 saturated carbocycles. The van der Waals surface area contributed by atoms with Gasteiger partial charge in [0.05, 0.1) is 5.56 Å². The third-order valence-corrected chi connectivity index (χ3v) is 3.59. The van der Waals surface area contributed by atoms with Gasteiger partial charge >= 0.3 is 5.97 Å². The standard InChI is InChI=1S/C19H20FNO3/c1-12(2)16-9-4-6-13(3)18(16)21-17(22)11-24-19(23)14-7-5-8-15(20)10-14/h4-10,12H,11H2,1-3H3,(H,21,22). The van der Waals surface area contributed by atoms with Crippen LogP contribution in [0.15, 0.2) is 42.5 Å². The number of nitrogens with one attached hydrogen (secondary N) is 1. The van der Waals surface area contributed by atoms with Crippen LogP contribution in [-0.4, -0.2) is 18.5 Å².